The standard InChI is InChI=1S/C17H25N3O2/c1-11(13(3)18)16(21)19-15-8-6-7-14(12(15)2)17(22)20-9-4-5-10-20/h6-8,11,13H,4-5,9-10,18H2,1-3H3,(H,19,21). The van der Waals surface area contributed by atoms with Gasteiger partial charge in [-0.25, -0.2) is 0 Å². The Kier molecular flexibility index (Phi) is 5.19. The maximum absolute atomic E-state index is 12.5. The number of hydrogen-bond acceptors (Lipinski definition) is 3. The summed E-state index contributed by atoms with van der Waals surface area (Å²) in [5.41, 5.74) is 7.92. The highest BCUT2D eigenvalue weighted by Crippen LogP contribution is 2.23. The van der Waals surface area contributed by atoms with E-state index >= 15 is 0 Å². The molecule has 1 fully saturated rings. The summed E-state index contributed by atoms with van der Waals surface area (Å²) in [4.78, 5) is 26.6. The third kappa shape index (κ3) is 3.47. The molecular weight excluding hydrogens is 278 g/mol. The van der Waals surface area contributed by atoms with Crippen LogP contribution in [0.25, 0.3) is 0 Å². The lowest BCUT2D eigenvalue weighted by molar-refractivity contribution is -0.119. The fourth-order valence-corrected chi connectivity index (χ4v) is 2.58. The Labute approximate surface area is 131 Å². The van der Waals surface area contributed by atoms with Gasteiger partial charge in [0.25, 0.3) is 5.91 Å². The van der Waals surface area contributed by atoms with E-state index in [9.17, 15) is 9.59 Å². The van der Waals surface area contributed by atoms with Crippen LogP contribution >= 0.6 is 0 Å². The van der Waals surface area contributed by atoms with Crippen LogP contribution in [0.3, 0.4) is 0 Å². The first-order valence-electron chi connectivity index (χ1n) is 7.87. The second kappa shape index (κ2) is 6.92. The van der Waals surface area contributed by atoms with Gasteiger partial charge in [0.15, 0.2) is 0 Å². The number of carbonyl (C=O) groups is 2. The van der Waals surface area contributed by atoms with Gasteiger partial charge in [-0.05, 0) is 44.4 Å². The maximum Gasteiger partial charge on any atom is 0.254 e. The molecule has 1 aromatic rings. The lowest BCUT2D eigenvalue weighted by Crippen LogP contribution is -2.34. The van der Waals surface area contributed by atoms with Crippen molar-refractivity contribution in [2.24, 2.45) is 11.7 Å². The molecule has 1 heterocycles. The molecule has 1 aliphatic rings. The highest BCUT2D eigenvalue weighted by atomic mass is 16.2. The van der Waals surface area contributed by atoms with Crippen LogP contribution in [0.4, 0.5) is 5.69 Å². The summed E-state index contributed by atoms with van der Waals surface area (Å²) in [6.07, 6.45) is 2.13. The van der Waals surface area contributed by atoms with Crippen LogP contribution in [0.15, 0.2) is 18.2 Å². The van der Waals surface area contributed by atoms with Gasteiger partial charge in [-0.15, -0.1) is 0 Å². The fraction of sp³-hybridized carbons (Fsp3) is 0.529. The van der Waals surface area contributed by atoms with Crippen LogP contribution in [-0.4, -0.2) is 35.8 Å². The molecule has 22 heavy (non-hydrogen) atoms. The van der Waals surface area contributed by atoms with E-state index in [1.165, 1.54) is 0 Å². The van der Waals surface area contributed by atoms with E-state index in [0.717, 1.165) is 31.5 Å². The summed E-state index contributed by atoms with van der Waals surface area (Å²) >= 11 is 0. The molecule has 5 nitrogen and oxygen atoms in total. The predicted molar refractivity (Wildman–Crippen MR) is 87.8 cm³/mol. The lowest BCUT2D eigenvalue weighted by Gasteiger charge is -2.20. The van der Waals surface area contributed by atoms with Gasteiger partial charge in [-0.1, -0.05) is 13.0 Å². The van der Waals surface area contributed by atoms with Crippen molar-refractivity contribution in [1.82, 2.24) is 4.90 Å². The van der Waals surface area contributed by atoms with Gasteiger partial charge in [0.2, 0.25) is 5.91 Å². The number of amides is 2. The van der Waals surface area contributed by atoms with Crippen LogP contribution < -0.4 is 11.1 Å². The molecule has 0 radical (unpaired) electrons. The summed E-state index contributed by atoms with van der Waals surface area (Å²) in [7, 11) is 0. The van der Waals surface area contributed by atoms with E-state index in [1.54, 1.807) is 6.92 Å². The molecule has 0 spiro atoms. The molecule has 0 aliphatic carbocycles. The number of nitrogens with zero attached hydrogens (tertiary/aromatic N) is 1. The van der Waals surface area contributed by atoms with E-state index in [1.807, 2.05) is 36.9 Å². The molecule has 0 bridgehead atoms. The second-order valence-corrected chi connectivity index (χ2v) is 6.11. The van der Waals surface area contributed by atoms with Crippen molar-refractivity contribution in [1.29, 1.82) is 0 Å². The van der Waals surface area contributed by atoms with Gasteiger partial charge < -0.3 is 16.0 Å². The van der Waals surface area contributed by atoms with Crippen molar-refractivity contribution < 1.29 is 9.59 Å². The van der Waals surface area contributed by atoms with Crippen LogP contribution in [-0.2, 0) is 4.79 Å². The molecule has 3 N–H and O–H groups in total. The highest BCUT2D eigenvalue weighted by molar-refractivity contribution is 5.99. The topological polar surface area (TPSA) is 75.4 Å². The van der Waals surface area contributed by atoms with Crippen LogP contribution in [0.5, 0.6) is 0 Å². The van der Waals surface area contributed by atoms with Crippen molar-refractivity contribution in [3.8, 4) is 0 Å². The number of benzene rings is 1. The van der Waals surface area contributed by atoms with Crippen molar-refractivity contribution in [2.75, 3.05) is 18.4 Å². The third-order valence-electron chi connectivity index (χ3n) is 4.42. The Morgan fingerprint density at radius 3 is 2.45 bits per heavy atom. The Morgan fingerprint density at radius 2 is 1.86 bits per heavy atom. The van der Waals surface area contributed by atoms with Crippen LogP contribution in [0.1, 0.15) is 42.6 Å². The van der Waals surface area contributed by atoms with Gasteiger partial charge in [-0.2, -0.15) is 0 Å². The summed E-state index contributed by atoms with van der Waals surface area (Å²) < 4.78 is 0. The molecule has 1 aromatic carbocycles. The van der Waals surface area contributed by atoms with Crippen LogP contribution in [0.2, 0.25) is 0 Å². The Hall–Kier alpha value is -1.88. The fourth-order valence-electron chi connectivity index (χ4n) is 2.58. The van der Waals surface area contributed by atoms with E-state index in [2.05, 4.69) is 5.32 Å². The van der Waals surface area contributed by atoms with E-state index in [4.69, 9.17) is 5.73 Å². The molecular formula is C17H25N3O2. The van der Waals surface area contributed by atoms with E-state index in [-0.39, 0.29) is 23.8 Å². The molecule has 1 aliphatic heterocycles. The number of likely N-dealkylation sites (tertiary alicyclic amines) is 1. The predicted octanol–water partition coefficient (Wildman–Crippen LogP) is 2.15. The number of nitrogens with two attached hydrogens (primary N) is 1. The summed E-state index contributed by atoms with van der Waals surface area (Å²) in [5.74, 6) is -0.354. The highest BCUT2D eigenvalue weighted by Gasteiger charge is 2.23. The number of anilines is 1. The van der Waals surface area contributed by atoms with Gasteiger partial charge in [0.1, 0.15) is 0 Å². The molecule has 0 aromatic heterocycles. The first-order valence-corrected chi connectivity index (χ1v) is 7.87. The van der Waals surface area contributed by atoms with E-state index < -0.39 is 0 Å². The molecule has 1 saturated heterocycles. The average molecular weight is 303 g/mol. The zero-order chi connectivity index (χ0) is 16.3. The quantitative estimate of drug-likeness (QED) is 0.895. The van der Waals surface area contributed by atoms with Gasteiger partial charge in [0.05, 0.1) is 5.92 Å². The van der Waals surface area contributed by atoms with Crippen molar-refractivity contribution in [2.45, 2.75) is 39.7 Å². The van der Waals surface area contributed by atoms with Gasteiger partial charge in [-0.3, -0.25) is 9.59 Å². The Morgan fingerprint density at radius 1 is 1.23 bits per heavy atom. The van der Waals surface area contributed by atoms with Gasteiger partial charge in [0, 0.05) is 30.4 Å². The number of rotatable bonds is 4. The van der Waals surface area contributed by atoms with Crippen LogP contribution in [0, 0.1) is 12.8 Å². The van der Waals surface area contributed by atoms with Crippen molar-refractivity contribution in [3.63, 3.8) is 0 Å². The largest absolute Gasteiger partial charge is 0.339 e. The zero-order valence-corrected chi connectivity index (χ0v) is 13.6. The second-order valence-electron chi connectivity index (χ2n) is 6.11. The number of hydrogen-bond donors (Lipinski definition) is 2. The smallest absolute Gasteiger partial charge is 0.254 e. The van der Waals surface area contributed by atoms with E-state index in [0.29, 0.717) is 11.3 Å². The minimum atomic E-state index is -0.280. The molecule has 0 saturated carbocycles. The summed E-state index contributed by atoms with van der Waals surface area (Å²) in [6.45, 7) is 7.11. The summed E-state index contributed by atoms with van der Waals surface area (Å²) in [5, 5.41) is 2.89. The number of nitrogens with one attached hydrogen (secondary N) is 1. The first-order chi connectivity index (χ1) is 10.4. The first kappa shape index (κ1) is 16.5. The zero-order valence-electron chi connectivity index (χ0n) is 13.6. The SMILES string of the molecule is Cc1c(NC(=O)C(C)C(C)N)cccc1C(=O)N1CCCC1. The summed E-state index contributed by atoms with van der Waals surface area (Å²) in [6, 6.07) is 5.24. The van der Waals surface area contributed by atoms with Gasteiger partial charge >= 0.3 is 0 Å². The third-order valence-corrected chi connectivity index (χ3v) is 4.42. The molecule has 2 rings (SSSR count). The van der Waals surface area contributed by atoms with Crippen molar-refractivity contribution in [3.05, 3.63) is 29.3 Å². The average Bonchev–Trinajstić information content (AvgIpc) is 3.02. The molecule has 2 atom stereocenters. The maximum atomic E-state index is 12.5. The Bertz CT molecular complexity index is 563. The molecule has 120 valence electrons. The minimum absolute atomic E-state index is 0.0475. The normalized spacial score (nSPS) is 17.2. The van der Waals surface area contributed by atoms with Crippen molar-refractivity contribution >= 4 is 17.5 Å². The number of carbonyl (C=O) groups excluding carboxylic acids is 2. The lowest BCUT2D eigenvalue weighted by atomic mass is 10.0. The minimum Gasteiger partial charge on any atom is -0.339 e. The molecule has 5 heteroatoms. The monoisotopic (exact) mass is 303 g/mol. The Balaban J connectivity index is 2.18. The molecule has 2 unspecified atom stereocenters. The molecule has 2 amide bonds.